The molecule has 0 bridgehead atoms. The van der Waals surface area contributed by atoms with E-state index in [9.17, 15) is 0 Å². The molecule has 1 heterocycles. The van der Waals surface area contributed by atoms with Crippen molar-refractivity contribution in [1.29, 1.82) is 0 Å². The van der Waals surface area contributed by atoms with Crippen LogP contribution in [0.15, 0.2) is 12.2 Å². The lowest BCUT2D eigenvalue weighted by Gasteiger charge is -2.32. The first-order valence-electron chi connectivity index (χ1n) is 6.00. The van der Waals surface area contributed by atoms with Crippen molar-refractivity contribution in [2.75, 3.05) is 52.9 Å². The van der Waals surface area contributed by atoms with Crippen molar-refractivity contribution in [3.63, 3.8) is 0 Å². The van der Waals surface area contributed by atoms with Crippen LogP contribution < -0.4 is 5.32 Å². The molecule has 1 saturated heterocycles. The Kier molecular flexibility index (Phi) is 5.91. The summed E-state index contributed by atoms with van der Waals surface area (Å²) >= 11 is 0. The zero-order valence-corrected chi connectivity index (χ0v) is 10.3. The fourth-order valence-corrected chi connectivity index (χ4v) is 1.82. The Morgan fingerprint density at radius 2 is 1.93 bits per heavy atom. The predicted octanol–water partition coefficient (Wildman–Crippen LogP) is 0.790. The number of hydrogen-bond donors (Lipinski definition) is 1. The molecule has 0 aromatic rings. The third-order valence-electron chi connectivity index (χ3n) is 2.84. The second-order valence-corrected chi connectivity index (χ2v) is 4.51. The van der Waals surface area contributed by atoms with E-state index in [-0.39, 0.29) is 0 Å². The molecule has 1 aliphatic rings. The maximum Gasteiger partial charge on any atom is 0.0203 e. The van der Waals surface area contributed by atoms with E-state index in [1.54, 1.807) is 0 Å². The first-order valence-corrected chi connectivity index (χ1v) is 6.00. The molecule has 0 radical (unpaired) electrons. The molecule has 15 heavy (non-hydrogen) atoms. The quantitative estimate of drug-likeness (QED) is 0.518. The van der Waals surface area contributed by atoms with E-state index in [0.29, 0.717) is 0 Å². The third kappa shape index (κ3) is 5.30. The van der Waals surface area contributed by atoms with Gasteiger partial charge in [0.1, 0.15) is 0 Å². The maximum absolute atomic E-state index is 4.12. The van der Waals surface area contributed by atoms with E-state index < -0.39 is 0 Å². The summed E-state index contributed by atoms with van der Waals surface area (Å²) in [5.74, 6) is 0. The molecular weight excluding hydrogens is 186 g/mol. The molecule has 0 aromatic heterocycles. The zero-order valence-electron chi connectivity index (χ0n) is 10.3. The van der Waals surface area contributed by atoms with Gasteiger partial charge < -0.3 is 10.2 Å². The van der Waals surface area contributed by atoms with E-state index in [2.05, 4.69) is 35.7 Å². The van der Waals surface area contributed by atoms with Crippen LogP contribution in [0.4, 0.5) is 0 Å². The Morgan fingerprint density at radius 1 is 1.27 bits per heavy atom. The summed E-state index contributed by atoms with van der Waals surface area (Å²) in [7, 11) is 2.19. The van der Waals surface area contributed by atoms with Gasteiger partial charge in [-0.05, 0) is 25.6 Å². The summed E-state index contributed by atoms with van der Waals surface area (Å²) in [5, 5.41) is 3.40. The fraction of sp³-hybridized carbons (Fsp3) is 0.833. The van der Waals surface area contributed by atoms with Crippen LogP contribution in [0.2, 0.25) is 0 Å². The van der Waals surface area contributed by atoms with Crippen LogP contribution in [-0.4, -0.2) is 62.7 Å². The van der Waals surface area contributed by atoms with Crippen molar-refractivity contribution < 1.29 is 0 Å². The number of likely N-dealkylation sites (N-methyl/N-ethyl adjacent to an activating group) is 1. The lowest BCUT2D eigenvalue weighted by atomic mass is 10.2. The molecule has 3 heteroatoms. The fourth-order valence-electron chi connectivity index (χ4n) is 1.82. The minimum absolute atomic E-state index is 0.972. The number of piperazine rings is 1. The van der Waals surface area contributed by atoms with Crippen molar-refractivity contribution in [2.45, 2.75) is 13.3 Å². The highest BCUT2D eigenvalue weighted by Crippen LogP contribution is 2.02. The predicted molar refractivity (Wildman–Crippen MR) is 66.2 cm³/mol. The molecule has 1 aliphatic heterocycles. The van der Waals surface area contributed by atoms with Crippen LogP contribution in [0.1, 0.15) is 13.3 Å². The van der Waals surface area contributed by atoms with Crippen LogP contribution in [0, 0.1) is 0 Å². The van der Waals surface area contributed by atoms with Crippen LogP contribution in [-0.2, 0) is 0 Å². The molecule has 0 amide bonds. The highest BCUT2D eigenvalue weighted by molar-refractivity contribution is 5.00. The average Bonchev–Trinajstić information content (AvgIpc) is 2.22. The standard InChI is InChI=1S/C12H25N3/c1-4-5-13-10-12(2)11-15-8-6-14(3)7-9-15/h13H,2,4-11H2,1,3H3. The van der Waals surface area contributed by atoms with Gasteiger partial charge in [0.05, 0.1) is 0 Å². The van der Waals surface area contributed by atoms with Gasteiger partial charge in [0.15, 0.2) is 0 Å². The molecule has 1 fully saturated rings. The number of nitrogens with zero attached hydrogens (tertiary/aromatic N) is 2. The van der Waals surface area contributed by atoms with Gasteiger partial charge in [0.2, 0.25) is 0 Å². The summed E-state index contributed by atoms with van der Waals surface area (Å²) in [6.45, 7) is 14.2. The molecule has 0 aliphatic carbocycles. The van der Waals surface area contributed by atoms with Gasteiger partial charge in [-0.3, -0.25) is 4.90 Å². The van der Waals surface area contributed by atoms with E-state index in [1.165, 1.54) is 38.2 Å². The van der Waals surface area contributed by atoms with E-state index >= 15 is 0 Å². The van der Waals surface area contributed by atoms with Gasteiger partial charge in [-0.1, -0.05) is 13.5 Å². The van der Waals surface area contributed by atoms with Crippen molar-refractivity contribution in [2.24, 2.45) is 0 Å². The largest absolute Gasteiger partial charge is 0.313 e. The van der Waals surface area contributed by atoms with Crippen molar-refractivity contribution in [3.05, 3.63) is 12.2 Å². The molecule has 0 unspecified atom stereocenters. The summed E-state index contributed by atoms with van der Waals surface area (Å²) in [6.07, 6.45) is 1.20. The van der Waals surface area contributed by atoms with Gasteiger partial charge in [-0.25, -0.2) is 0 Å². The second-order valence-electron chi connectivity index (χ2n) is 4.51. The molecule has 3 nitrogen and oxygen atoms in total. The Balaban J connectivity index is 2.09. The topological polar surface area (TPSA) is 18.5 Å². The first-order chi connectivity index (χ1) is 7.22. The normalized spacial score (nSPS) is 19.3. The third-order valence-corrected chi connectivity index (χ3v) is 2.84. The lowest BCUT2D eigenvalue weighted by Crippen LogP contribution is -2.45. The summed E-state index contributed by atoms with van der Waals surface area (Å²) in [5.41, 5.74) is 1.31. The van der Waals surface area contributed by atoms with E-state index in [1.807, 2.05) is 0 Å². The Labute approximate surface area is 94.1 Å². The molecule has 0 spiro atoms. The van der Waals surface area contributed by atoms with E-state index in [0.717, 1.165) is 19.6 Å². The van der Waals surface area contributed by atoms with Crippen molar-refractivity contribution in [1.82, 2.24) is 15.1 Å². The summed E-state index contributed by atoms with van der Waals surface area (Å²) in [6, 6.07) is 0. The number of rotatable bonds is 6. The second kappa shape index (κ2) is 6.99. The van der Waals surface area contributed by atoms with Crippen LogP contribution in [0.3, 0.4) is 0 Å². The molecule has 88 valence electrons. The summed E-state index contributed by atoms with van der Waals surface area (Å²) < 4.78 is 0. The molecule has 1 N–H and O–H groups in total. The zero-order chi connectivity index (χ0) is 11.1. The Morgan fingerprint density at radius 3 is 2.53 bits per heavy atom. The number of hydrogen-bond acceptors (Lipinski definition) is 3. The highest BCUT2D eigenvalue weighted by atomic mass is 15.2. The first kappa shape index (κ1) is 12.7. The molecule has 0 aromatic carbocycles. The maximum atomic E-state index is 4.12. The van der Waals surface area contributed by atoms with E-state index in [4.69, 9.17) is 0 Å². The lowest BCUT2D eigenvalue weighted by molar-refractivity contribution is 0.163. The molecule has 0 atom stereocenters. The Bertz CT molecular complexity index is 183. The van der Waals surface area contributed by atoms with Gasteiger partial charge in [0, 0.05) is 39.3 Å². The minimum atomic E-state index is 0.972. The van der Waals surface area contributed by atoms with Gasteiger partial charge >= 0.3 is 0 Å². The van der Waals surface area contributed by atoms with Gasteiger partial charge in [0.25, 0.3) is 0 Å². The molecule has 0 saturated carbocycles. The van der Waals surface area contributed by atoms with Crippen LogP contribution in [0.5, 0.6) is 0 Å². The summed E-state index contributed by atoms with van der Waals surface area (Å²) in [4.78, 5) is 4.88. The van der Waals surface area contributed by atoms with Crippen LogP contribution in [0.25, 0.3) is 0 Å². The van der Waals surface area contributed by atoms with Crippen molar-refractivity contribution in [3.8, 4) is 0 Å². The molecular formula is C12H25N3. The molecule has 1 rings (SSSR count). The SMILES string of the molecule is C=C(CNCCC)CN1CCN(C)CC1. The Hall–Kier alpha value is -0.380. The smallest absolute Gasteiger partial charge is 0.0203 e. The number of nitrogens with one attached hydrogen (secondary N) is 1. The highest BCUT2D eigenvalue weighted by Gasteiger charge is 2.13. The van der Waals surface area contributed by atoms with Crippen molar-refractivity contribution >= 4 is 0 Å². The van der Waals surface area contributed by atoms with Gasteiger partial charge in [-0.15, -0.1) is 0 Å². The monoisotopic (exact) mass is 211 g/mol. The van der Waals surface area contributed by atoms with Gasteiger partial charge in [-0.2, -0.15) is 0 Å². The average molecular weight is 211 g/mol. The minimum Gasteiger partial charge on any atom is -0.313 e. The van der Waals surface area contributed by atoms with Crippen LogP contribution >= 0.6 is 0 Å².